The van der Waals surface area contributed by atoms with Gasteiger partial charge < -0.3 is 9.63 Å². The van der Waals surface area contributed by atoms with E-state index in [9.17, 15) is 5.11 Å². The molecule has 112 valence electrons. The van der Waals surface area contributed by atoms with Crippen LogP contribution in [0.1, 0.15) is 51.3 Å². The lowest BCUT2D eigenvalue weighted by Crippen LogP contribution is -2.18. The second-order valence-corrected chi connectivity index (χ2v) is 6.25. The van der Waals surface area contributed by atoms with E-state index in [4.69, 9.17) is 4.52 Å². The smallest absolute Gasteiger partial charge is 0.259 e. The number of hydrogen-bond acceptors (Lipinski definition) is 5. The van der Waals surface area contributed by atoms with Gasteiger partial charge in [-0.2, -0.15) is 4.98 Å². The third-order valence-electron chi connectivity index (χ3n) is 4.49. The van der Waals surface area contributed by atoms with Crippen molar-refractivity contribution in [2.24, 2.45) is 11.8 Å². The van der Waals surface area contributed by atoms with E-state index in [2.05, 4.69) is 29.0 Å². The van der Waals surface area contributed by atoms with Gasteiger partial charge >= 0.3 is 0 Å². The summed E-state index contributed by atoms with van der Waals surface area (Å²) in [6, 6.07) is 1.58. The van der Waals surface area contributed by atoms with Gasteiger partial charge in [-0.1, -0.05) is 19.0 Å². The second kappa shape index (κ2) is 5.84. The van der Waals surface area contributed by atoms with Crippen LogP contribution in [0.2, 0.25) is 0 Å². The lowest BCUT2D eigenvalue weighted by Gasteiger charge is -2.29. The summed E-state index contributed by atoms with van der Waals surface area (Å²) in [5.74, 6) is 3.29. The van der Waals surface area contributed by atoms with Gasteiger partial charge in [-0.05, 0) is 43.6 Å². The van der Waals surface area contributed by atoms with Crippen LogP contribution in [0, 0.1) is 11.8 Å². The Labute approximate surface area is 124 Å². The molecule has 5 nitrogen and oxygen atoms in total. The van der Waals surface area contributed by atoms with Crippen LogP contribution in [0.5, 0.6) is 5.75 Å². The lowest BCUT2D eigenvalue weighted by molar-refractivity contribution is 0.252. The Hall–Kier alpha value is -1.91. The Bertz CT molecular complexity index is 601. The van der Waals surface area contributed by atoms with Crippen molar-refractivity contribution in [3.63, 3.8) is 0 Å². The molecule has 21 heavy (non-hydrogen) atoms. The molecule has 0 unspecified atom stereocenters. The summed E-state index contributed by atoms with van der Waals surface area (Å²) in [4.78, 5) is 8.42. The minimum atomic E-state index is 0.102. The molecule has 5 heteroatoms. The molecule has 0 bridgehead atoms. The molecule has 1 fully saturated rings. The number of aromatic nitrogens is 3. The van der Waals surface area contributed by atoms with Gasteiger partial charge in [-0.15, -0.1) is 0 Å². The van der Waals surface area contributed by atoms with E-state index in [1.54, 1.807) is 12.3 Å². The zero-order chi connectivity index (χ0) is 14.8. The summed E-state index contributed by atoms with van der Waals surface area (Å²) in [6.07, 6.45) is 7.72. The van der Waals surface area contributed by atoms with Crippen molar-refractivity contribution in [2.45, 2.75) is 45.4 Å². The summed E-state index contributed by atoms with van der Waals surface area (Å²) in [5, 5.41) is 13.6. The molecular formula is C16H21N3O2. The molecule has 1 aliphatic rings. The van der Waals surface area contributed by atoms with Crippen molar-refractivity contribution in [3.8, 4) is 17.2 Å². The van der Waals surface area contributed by atoms with Crippen LogP contribution >= 0.6 is 0 Å². The Morgan fingerprint density at radius 2 is 1.95 bits per heavy atom. The number of nitrogens with zero attached hydrogens (tertiary/aromatic N) is 3. The van der Waals surface area contributed by atoms with Crippen LogP contribution in [0.25, 0.3) is 11.5 Å². The van der Waals surface area contributed by atoms with Gasteiger partial charge in [-0.3, -0.25) is 4.98 Å². The predicted octanol–water partition coefficient (Wildman–Crippen LogP) is 3.77. The first-order chi connectivity index (χ1) is 10.1. The quantitative estimate of drug-likeness (QED) is 0.930. The average molecular weight is 287 g/mol. The molecular weight excluding hydrogens is 266 g/mol. The molecule has 0 radical (unpaired) electrons. The van der Waals surface area contributed by atoms with Crippen molar-refractivity contribution in [3.05, 3.63) is 24.3 Å². The van der Waals surface area contributed by atoms with Gasteiger partial charge in [0.1, 0.15) is 5.75 Å². The highest BCUT2D eigenvalue weighted by molar-refractivity contribution is 5.53. The zero-order valence-corrected chi connectivity index (χ0v) is 12.5. The van der Waals surface area contributed by atoms with Gasteiger partial charge in [-0.25, -0.2) is 0 Å². The van der Waals surface area contributed by atoms with E-state index in [1.165, 1.54) is 19.0 Å². The molecule has 0 aliphatic heterocycles. The molecule has 2 aromatic heterocycles. The Morgan fingerprint density at radius 1 is 1.19 bits per heavy atom. The Morgan fingerprint density at radius 3 is 2.62 bits per heavy atom. The van der Waals surface area contributed by atoms with Gasteiger partial charge in [0.25, 0.3) is 5.89 Å². The monoisotopic (exact) mass is 287 g/mol. The normalized spacial score (nSPS) is 22.6. The molecule has 1 N–H and O–H groups in total. The van der Waals surface area contributed by atoms with Gasteiger partial charge in [0.2, 0.25) is 0 Å². The van der Waals surface area contributed by atoms with Crippen LogP contribution in [-0.2, 0) is 0 Å². The second-order valence-electron chi connectivity index (χ2n) is 6.25. The van der Waals surface area contributed by atoms with Gasteiger partial charge in [0.05, 0.1) is 11.8 Å². The molecule has 0 amide bonds. The summed E-state index contributed by atoms with van der Waals surface area (Å²) >= 11 is 0. The topological polar surface area (TPSA) is 72.0 Å². The fourth-order valence-corrected chi connectivity index (χ4v) is 3.11. The van der Waals surface area contributed by atoms with E-state index in [0.29, 0.717) is 17.4 Å². The number of rotatable bonds is 3. The van der Waals surface area contributed by atoms with Crippen LogP contribution in [0.4, 0.5) is 0 Å². The maximum atomic E-state index is 9.46. The summed E-state index contributed by atoms with van der Waals surface area (Å²) < 4.78 is 5.32. The van der Waals surface area contributed by atoms with Crippen molar-refractivity contribution < 1.29 is 9.63 Å². The fourth-order valence-electron chi connectivity index (χ4n) is 3.11. The third-order valence-corrected chi connectivity index (χ3v) is 4.49. The summed E-state index contributed by atoms with van der Waals surface area (Å²) in [6.45, 7) is 4.60. The fraction of sp³-hybridized carbons (Fsp3) is 0.562. The molecule has 2 heterocycles. The highest BCUT2D eigenvalue weighted by Gasteiger charge is 2.27. The minimum absolute atomic E-state index is 0.102. The van der Waals surface area contributed by atoms with E-state index >= 15 is 0 Å². The molecule has 0 atom stereocenters. The van der Waals surface area contributed by atoms with Crippen LogP contribution in [0.15, 0.2) is 23.0 Å². The Balaban J connectivity index is 1.71. The molecule has 0 spiro atoms. The third kappa shape index (κ3) is 3.06. The number of aromatic hydroxyl groups is 1. The first-order valence-corrected chi connectivity index (χ1v) is 7.61. The first-order valence-electron chi connectivity index (χ1n) is 7.61. The van der Waals surface area contributed by atoms with Crippen molar-refractivity contribution in [2.75, 3.05) is 0 Å². The van der Waals surface area contributed by atoms with Crippen LogP contribution < -0.4 is 0 Å². The number of pyridine rings is 1. The van der Waals surface area contributed by atoms with E-state index < -0.39 is 0 Å². The molecule has 0 aromatic carbocycles. The summed E-state index contributed by atoms with van der Waals surface area (Å²) in [7, 11) is 0. The zero-order valence-electron chi connectivity index (χ0n) is 12.5. The van der Waals surface area contributed by atoms with E-state index in [1.807, 2.05) is 0 Å². The molecule has 1 aliphatic carbocycles. The van der Waals surface area contributed by atoms with E-state index in [-0.39, 0.29) is 5.75 Å². The highest BCUT2D eigenvalue weighted by atomic mass is 16.5. The predicted molar refractivity (Wildman–Crippen MR) is 78.7 cm³/mol. The van der Waals surface area contributed by atoms with Crippen LogP contribution in [-0.4, -0.2) is 20.2 Å². The van der Waals surface area contributed by atoms with Gasteiger partial charge in [0.15, 0.2) is 5.82 Å². The maximum absolute atomic E-state index is 9.46. The molecule has 3 rings (SSSR count). The SMILES string of the molecule is CC(C)C1CCC(c2noc(-c3cncc(O)c3)n2)CC1. The lowest BCUT2D eigenvalue weighted by atomic mass is 9.77. The summed E-state index contributed by atoms with van der Waals surface area (Å²) in [5.41, 5.74) is 0.657. The molecule has 0 saturated heterocycles. The van der Waals surface area contributed by atoms with Crippen molar-refractivity contribution in [1.82, 2.24) is 15.1 Å². The van der Waals surface area contributed by atoms with Gasteiger partial charge in [0, 0.05) is 12.1 Å². The molecule has 2 aromatic rings. The highest BCUT2D eigenvalue weighted by Crippen LogP contribution is 2.38. The van der Waals surface area contributed by atoms with Crippen molar-refractivity contribution in [1.29, 1.82) is 0 Å². The van der Waals surface area contributed by atoms with Crippen molar-refractivity contribution >= 4 is 0 Å². The maximum Gasteiger partial charge on any atom is 0.259 e. The standard InChI is InChI=1S/C16H21N3O2/c1-10(2)11-3-5-12(6-4-11)15-18-16(21-19-15)13-7-14(20)9-17-8-13/h7-12,20H,3-6H2,1-2H3. The number of hydrogen-bond donors (Lipinski definition) is 1. The Kier molecular flexibility index (Phi) is 3.90. The van der Waals surface area contributed by atoms with Crippen LogP contribution in [0.3, 0.4) is 0 Å². The largest absolute Gasteiger partial charge is 0.506 e. The first kappa shape index (κ1) is 14.0. The van der Waals surface area contributed by atoms with E-state index in [0.717, 1.165) is 30.5 Å². The minimum Gasteiger partial charge on any atom is -0.506 e. The average Bonchev–Trinajstić information content (AvgIpc) is 2.97. The molecule has 1 saturated carbocycles.